The first-order valence-corrected chi connectivity index (χ1v) is 7.64. The van der Waals surface area contributed by atoms with Crippen molar-refractivity contribution < 1.29 is 9.53 Å². The molecule has 19 heavy (non-hydrogen) atoms. The molecule has 1 aromatic heterocycles. The van der Waals surface area contributed by atoms with Crippen LogP contribution in [0.5, 0.6) is 0 Å². The van der Waals surface area contributed by atoms with E-state index in [1.54, 1.807) is 18.3 Å². The van der Waals surface area contributed by atoms with E-state index in [0.29, 0.717) is 6.61 Å². The number of thiazole rings is 1. The van der Waals surface area contributed by atoms with E-state index in [9.17, 15) is 4.79 Å². The number of aryl methyl sites for hydroxylation is 1. The Labute approximate surface area is 124 Å². The summed E-state index contributed by atoms with van der Waals surface area (Å²) in [7, 11) is 0. The van der Waals surface area contributed by atoms with Gasteiger partial charge in [0.1, 0.15) is 5.01 Å². The minimum absolute atomic E-state index is 0.230. The lowest BCUT2D eigenvalue weighted by Crippen LogP contribution is -2.07. The van der Waals surface area contributed by atoms with E-state index >= 15 is 0 Å². The van der Waals surface area contributed by atoms with Crippen LogP contribution in [-0.4, -0.2) is 17.6 Å². The van der Waals surface area contributed by atoms with E-state index in [4.69, 9.17) is 4.74 Å². The van der Waals surface area contributed by atoms with Gasteiger partial charge in [-0.1, -0.05) is 22.0 Å². The van der Waals surface area contributed by atoms with E-state index in [0.717, 1.165) is 20.7 Å². The lowest BCUT2D eigenvalue weighted by Gasteiger charge is -2.01. The number of rotatable bonds is 4. The van der Waals surface area contributed by atoms with Crippen LogP contribution in [0.15, 0.2) is 28.1 Å². The predicted octanol–water partition coefficient (Wildman–Crippen LogP) is 3.99. The zero-order chi connectivity index (χ0) is 13.8. The minimum Gasteiger partial charge on any atom is -0.466 e. The fourth-order valence-corrected chi connectivity index (χ4v) is 2.72. The van der Waals surface area contributed by atoms with Gasteiger partial charge >= 0.3 is 5.97 Å². The number of hydrogen-bond donors (Lipinski definition) is 0. The van der Waals surface area contributed by atoms with Gasteiger partial charge < -0.3 is 4.74 Å². The lowest BCUT2D eigenvalue weighted by atomic mass is 10.1. The third-order valence-electron chi connectivity index (χ3n) is 2.59. The lowest BCUT2D eigenvalue weighted by molar-refractivity contribution is -0.142. The third kappa shape index (κ3) is 3.64. The second-order valence-corrected chi connectivity index (χ2v) is 5.80. The zero-order valence-electron chi connectivity index (χ0n) is 10.8. The van der Waals surface area contributed by atoms with Crippen molar-refractivity contribution in [2.45, 2.75) is 20.3 Å². The summed E-state index contributed by atoms with van der Waals surface area (Å²) < 4.78 is 6.00. The standard InChI is InChI=1S/C14H14BrNO2S/c1-3-18-13(17)7-11-8-19-14(16-11)10-4-5-12(15)9(2)6-10/h4-6,8H,3,7H2,1-2H3. The summed E-state index contributed by atoms with van der Waals surface area (Å²) in [6, 6.07) is 6.11. The number of ether oxygens (including phenoxy) is 1. The maximum absolute atomic E-state index is 11.4. The smallest absolute Gasteiger partial charge is 0.311 e. The molecule has 0 radical (unpaired) electrons. The Balaban J connectivity index is 2.16. The van der Waals surface area contributed by atoms with Crippen molar-refractivity contribution in [3.8, 4) is 10.6 Å². The summed E-state index contributed by atoms with van der Waals surface area (Å²) in [4.78, 5) is 15.9. The van der Waals surface area contributed by atoms with E-state index < -0.39 is 0 Å². The molecule has 0 bridgehead atoms. The van der Waals surface area contributed by atoms with Crippen LogP contribution in [0.3, 0.4) is 0 Å². The number of halogens is 1. The van der Waals surface area contributed by atoms with Gasteiger partial charge in [0.25, 0.3) is 0 Å². The Bertz CT molecular complexity index is 595. The van der Waals surface area contributed by atoms with Gasteiger partial charge in [-0.3, -0.25) is 4.79 Å². The first kappa shape index (κ1) is 14.2. The summed E-state index contributed by atoms with van der Waals surface area (Å²) in [5, 5.41) is 2.83. The maximum atomic E-state index is 11.4. The van der Waals surface area contributed by atoms with Crippen molar-refractivity contribution >= 4 is 33.2 Å². The van der Waals surface area contributed by atoms with Crippen molar-refractivity contribution in [2.24, 2.45) is 0 Å². The second kappa shape index (κ2) is 6.30. The van der Waals surface area contributed by atoms with Gasteiger partial charge in [0.15, 0.2) is 0 Å². The molecule has 0 spiro atoms. The van der Waals surface area contributed by atoms with E-state index in [1.165, 1.54) is 5.56 Å². The van der Waals surface area contributed by atoms with Crippen LogP contribution in [0.2, 0.25) is 0 Å². The second-order valence-electron chi connectivity index (χ2n) is 4.09. The van der Waals surface area contributed by atoms with Gasteiger partial charge in [-0.15, -0.1) is 11.3 Å². The molecule has 2 aromatic rings. The monoisotopic (exact) mass is 339 g/mol. The molecular weight excluding hydrogens is 326 g/mol. The highest BCUT2D eigenvalue weighted by atomic mass is 79.9. The Morgan fingerprint density at radius 2 is 2.26 bits per heavy atom. The van der Waals surface area contributed by atoms with Crippen molar-refractivity contribution in [3.05, 3.63) is 39.3 Å². The van der Waals surface area contributed by atoms with Crippen LogP contribution >= 0.6 is 27.3 Å². The molecule has 0 aliphatic carbocycles. The molecule has 0 saturated heterocycles. The number of esters is 1. The van der Waals surface area contributed by atoms with Crippen LogP contribution in [0.4, 0.5) is 0 Å². The third-order valence-corrected chi connectivity index (χ3v) is 4.42. The minimum atomic E-state index is -0.230. The number of aromatic nitrogens is 1. The van der Waals surface area contributed by atoms with Gasteiger partial charge in [0, 0.05) is 15.4 Å². The Morgan fingerprint density at radius 3 is 2.95 bits per heavy atom. The average molecular weight is 340 g/mol. The summed E-state index contributed by atoms with van der Waals surface area (Å²) in [5.74, 6) is -0.230. The number of carbonyl (C=O) groups excluding carboxylic acids is 1. The van der Waals surface area contributed by atoms with Gasteiger partial charge in [-0.05, 0) is 31.5 Å². The van der Waals surface area contributed by atoms with Crippen LogP contribution < -0.4 is 0 Å². The average Bonchev–Trinajstić information content (AvgIpc) is 2.81. The maximum Gasteiger partial charge on any atom is 0.311 e. The quantitative estimate of drug-likeness (QED) is 0.790. The normalized spacial score (nSPS) is 10.5. The first-order valence-electron chi connectivity index (χ1n) is 5.96. The predicted molar refractivity (Wildman–Crippen MR) is 80.3 cm³/mol. The van der Waals surface area contributed by atoms with Crippen molar-refractivity contribution in [1.82, 2.24) is 4.98 Å². The molecule has 0 unspecified atom stereocenters. The Morgan fingerprint density at radius 1 is 1.47 bits per heavy atom. The molecule has 0 aliphatic rings. The van der Waals surface area contributed by atoms with Gasteiger partial charge in [0.2, 0.25) is 0 Å². The largest absolute Gasteiger partial charge is 0.466 e. The number of benzene rings is 1. The van der Waals surface area contributed by atoms with Crippen LogP contribution in [-0.2, 0) is 16.0 Å². The molecule has 1 heterocycles. The Hall–Kier alpha value is -1.20. The first-order chi connectivity index (χ1) is 9.10. The highest BCUT2D eigenvalue weighted by Crippen LogP contribution is 2.27. The van der Waals surface area contributed by atoms with Crippen molar-refractivity contribution in [1.29, 1.82) is 0 Å². The number of hydrogen-bond acceptors (Lipinski definition) is 4. The van der Waals surface area contributed by atoms with Crippen molar-refractivity contribution in [3.63, 3.8) is 0 Å². The summed E-state index contributed by atoms with van der Waals surface area (Å²) in [6.07, 6.45) is 0.236. The van der Waals surface area contributed by atoms with Crippen LogP contribution in [0.1, 0.15) is 18.2 Å². The van der Waals surface area contributed by atoms with E-state index in [2.05, 4.69) is 27.0 Å². The molecule has 0 fully saturated rings. The molecule has 0 amide bonds. The van der Waals surface area contributed by atoms with Gasteiger partial charge in [0.05, 0.1) is 18.7 Å². The number of carbonyl (C=O) groups is 1. The SMILES string of the molecule is CCOC(=O)Cc1csc(-c2ccc(Br)c(C)c2)n1. The highest BCUT2D eigenvalue weighted by Gasteiger charge is 2.10. The molecule has 2 rings (SSSR count). The highest BCUT2D eigenvalue weighted by molar-refractivity contribution is 9.10. The van der Waals surface area contributed by atoms with E-state index in [-0.39, 0.29) is 12.4 Å². The molecule has 0 aliphatic heterocycles. The molecule has 3 nitrogen and oxygen atoms in total. The van der Waals surface area contributed by atoms with E-state index in [1.807, 2.05) is 24.4 Å². The van der Waals surface area contributed by atoms with Crippen molar-refractivity contribution in [2.75, 3.05) is 6.61 Å². The summed E-state index contributed by atoms with van der Waals surface area (Å²) >= 11 is 5.02. The fraction of sp³-hybridized carbons (Fsp3) is 0.286. The number of nitrogens with zero attached hydrogens (tertiary/aromatic N) is 1. The molecular formula is C14H14BrNO2S. The van der Waals surface area contributed by atoms with Gasteiger partial charge in [-0.2, -0.15) is 0 Å². The van der Waals surface area contributed by atoms with Crippen LogP contribution in [0.25, 0.3) is 10.6 Å². The molecule has 0 atom stereocenters. The zero-order valence-corrected chi connectivity index (χ0v) is 13.2. The molecule has 0 saturated carbocycles. The summed E-state index contributed by atoms with van der Waals surface area (Å²) in [5.41, 5.74) is 3.00. The fourth-order valence-electron chi connectivity index (χ4n) is 1.66. The molecule has 1 aromatic carbocycles. The molecule has 100 valence electrons. The van der Waals surface area contributed by atoms with Crippen LogP contribution in [0, 0.1) is 6.92 Å². The molecule has 5 heteroatoms. The Kier molecular flexibility index (Phi) is 4.71. The molecule has 0 N–H and O–H groups in total. The van der Waals surface area contributed by atoms with Gasteiger partial charge in [-0.25, -0.2) is 4.98 Å². The topological polar surface area (TPSA) is 39.2 Å². The summed E-state index contributed by atoms with van der Waals surface area (Å²) in [6.45, 7) is 4.25.